The molecule has 0 aliphatic rings. The Bertz CT molecular complexity index is 1690. The molecule has 0 spiro atoms. The fourth-order valence-corrected chi connectivity index (χ4v) is 3.99. The molecule has 36 heavy (non-hydrogen) atoms. The molecular weight excluding hydrogens is 454 g/mol. The van der Waals surface area contributed by atoms with Crippen molar-refractivity contribution < 1.29 is 14.3 Å². The predicted molar refractivity (Wildman–Crippen MR) is 135 cm³/mol. The van der Waals surface area contributed by atoms with Crippen molar-refractivity contribution in [1.29, 1.82) is 0 Å². The molecule has 0 unspecified atom stereocenters. The van der Waals surface area contributed by atoms with Crippen LogP contribution in [0.25, 0.3) is 33.2 Å². The summed E-state index contributed by atoms with van der Waals surface area (Å²) in [7, 11) is 1.56. The average Bonchev–Trinajstić information content (AvgIpc) is 3.37. The number of para-hydroxylation sites is 3. The smallest absolute Gasteiger partial charge is 0.246 e. The molecule has 8 nitrogen and oxygen atoms in total. The van der Waals surface area contributed by atoms with Gasteiger partial charge in [-0.05, 0) is 48.5 Å². The van der Waals surface area contributed by atoms with E-state index >= 15 is 0 Å². The van der Waals surface area contributed by atoms with Crippen LogP contribution >= 0.6 is 0 Å². The molecule has 0 saturated heterocycles. The first-order valence-electron chi connectivity index (χ1n) is 11.2. The summed E-state index contributed by atoms with van der Waals surface area (Å²) in [5.41, 5.74) is 4.02. The molecule has 0 atom stereocenters. The van der Waals surface area contributed by atoms with Gasteiger partial charge in [-0.3, -0.25) is 4.79 Å². The molecule has 0 saturated carbocycles. The van der Waals surface area contributed by atoms with E-state index in [2.05, 4.69) is 24.9 Å². The van der Waals surface area contributed by atoms with Crippen LogP contribution in [-0.2, 0) is 0 Å². The number of aromatic nitrogens is 5. The minimum absolute atomic E-state index is 0.204. The molecule has 0 bridgehead atoms. The minimum Gasteiger partial charge on any atom is -0.480 e. The molecule has 0 fully saturated rings. The van der Waals surface area contributed by atoms with Crippen molar-refractivity contribution in [2.24, 2.45) is 0 Å². The number of hydrogen-bond acceptors (Lipinski definition) is 7. The van der Waals surface area contributed by atoms with Gasteiger partial charge in [0.05, 0.1) is 29.2 Å². The van der Waals surface area contributed by atoms with Crippen LogP contribution < -0.4 is 9.47 Å². The number of rotatable bonds is 6. The number of nitrogens with zero attached hydrogens (tertiary/aromatic N) is 4. The van der Waals surface area contributed by atoms with Crippen LogP contribution in [0, 0.1) is 0 Å². The number of ether oxygens (including phenoxy) is 2. The van der Waals surface area contributed by atoms with E-state index in [4.69, 9.17) is 9.47 Å². The molecule has 3 aromatic carbocycles. The van der Waals surface area contributed by atoms with Gasteiger partial charge in [0.15, 0.2) is 5.82 Å². The Labute approximate surface area is 205 Å². The van der Waals surface area contributed by atoms with Crippen molar-refractivity contribution in [3.05, 3.63) is 103 Å². The number of aromatic amines is 1. The Hall–Kier alpha value is -5.11. The predicted octanol–water partition coefficient (Wildman–Crippen LogP) is 5.60. The van der Waals surface area contributed by atoms with E-state index in [0.717, 1.165) is 21.9 Å². The van der Waals surface area contributed by atoms with Gasteiger partial charge in [0.25, 0.3) is 0 Å². The van der Waals surface area contributed by atoms with Crippen LogP contribution in [0.2, 0.25) is 0 Å². The van der Waals surface area contributed by atoms with Crippen LogP contribution in [0.15, 0.2) is 91.3 Å². The van der Waals surface area contributed by atoms with Crippen molar-refractivity contribution in [2.45, 2.75) is 0 Å². The van der Waals surface area contributed by atoms with Crippen molar-refractivity contribution >= 4 is 27.7 Å². The van der Waals surface area contributed by atoms with Gasteiger partial charge in [-0.1, -0.05) is 30.3 Å². The van der Waals surface area contributed by atoms with Gasteiger partial charge >= 0.3 is 0 Å². The highest BCUT2D eigenvalue weighted by atomic mass is 16.5. The topological polar surface area (TPSA) is 103 Å². The molecular formula is C28H19N5O3. The van der Waals surface area contributed by atoms with Gasteiger partial charge in [-0.25, -0.2) is 19.9 Å². The third kappa shape index (κ3) is 3.90. The summed E-state index contributed by atoms with van der Waals surface area (Å²) in [5, 5.41) is 0.943. The van der Waals surface area contributed by atoms with E-state index in [1.54, 1.807) is 43.8 Å². The van der Waals surface area contributed by atoms with E-state index in [1.807, 2.05) is 54.6 Å². The fourth-order valence-electron chi connectivity index (χ4n) is 3.99. The maximum atomic E-state index is 12.9. The normalized spacial score (nSPS) is 11.0. The molecule has 8 heteroatoms. The minimum atomic E-state index is -0.204. The number of fused-ring (bicyclic) bond motifs is 2. The second-order valence-corrected chi connectivity index (χ2v) is 8.01. The fraction of sp³-hybridized carbons (Fsp3) is 0.0357. The number of carbonyl (C=O) groups is 1. The quantitative estimate of drug-likeness (QED) is 0.314. The highest BCUT2D eigenvalue weighted by Crippen LogP contribution is 2.36. The second kappa shape index (κ2) is 8.92. The monoisotopic (exact) mass is 473 g/mol. The first kappa shape index (κ1) is 21.4. The van der Waals surface area contributed by atoms with Crippen LogP contribution in [0.5, 0.6) is 17.5 Å². The Balaban J connectivity index is 1.30. The van der Waals surface area contributed by atoms with Crippen molar-refractivity contribution in [3.8, 4) is 28.8 Å². The molecule has 1 N–H and O–H groups in total. The van der Waals surface area contributed by atoms with Crippen molar-refractivity contribution in [3.63, 3.8) is 0 Å². The van der Waals surface area contributed by atoms with Crippen LogP contribution in [0.3, 0.4) is 0 Å². The van der Waals surface area contributed by atoms with E-state index < -0.39 is 0 Å². The van der Waals surface area contributed by atoms with E-state index in [0.29, 0.717) is 34.3 Å². The lowest BCUT2D eigenvalue weighted by Gasteiger charge is -2.12. The SMILES string of the molecule is COc1nc2ccccc2cc1-c1nccnc1Oc1ccc(C(=O)c2nc3ccccc3[nH]2)cc1. The Morgan fingerprint density at radius 2 is 1.56 bits per heavy atom. The van der Waals surface area contributed by atoms with Gasteiger partial charge in [0, 0.05) is 23.3 Å². The Morgan fingerprint density at radius 3 is 2.36 bits per heavy atom. The number of benzene rings is 3. The maximum Gasteiger partial charge on any atom is 0.246 e. The molecule has 0 amide bonds. The van der Waals surface area contributed by atoms with Gasteiger partial charge in [0.1, 0.15) is 11.4 Å². The van der Waals surface area contributed by atoms with E-state index in [9.17, 15) is 4.79 Å². The summed E-state index contributed by atoms with van der Waals surface area (Å²) >= 11 is 0. The number of methoxy groups -OCH3 is 1. The summed E-state index contributed by atoms with van der Waals surface area (Å²) in [5.74, 6) is 1.31. The van der Waals surface area contributed by atoms with Gasteiger partial charge in [-0.15, -0.1) is 0 Å². The number of nitrogens with one attached hydrogen (secondary N) is 1. The summed E-state index contributed by atoms with van der Waals surface area (Å²) in [6, 6.07) is 24.0. The number of imidazole rings is 1. The zero-order valence-corrected chi connectivity index (χ0v) is 19.2. The molecule has 6 rings (SSSR count). The first-order chi connectivity index (χ1) is 17.7. The van der Waals surface area contributed by atoms with Gasteiger partial charge in [0.2, 0.25) is 17.5 Å². The number of ketones is 1. The highest BCUT2D eigenvalue weighted by molar-refractivity contribution is 6.08. The van der Waals surface area contributed by atoms with Crippen molar-refractivity contribution in [2.75, 3.05) is 7.11 Å². The average molecular weight is 473 g/mol. The van der Waals surface area contributed by atoms with Crippen LogP contribution in [0.4, 0.5) is 0 Å². The summed E-state index contributed by atoms with van der Waals surface area (Å²) in [6.07, 6.45) is 3.14. The molecule has 0 aliphatic heterocycles. The summed E-state index contributed by atoms with van der Waals surface area (Å²) < 4.78 is 11.6. The number of pyridine rings is 1. The standard InChI is InChI=1S/C28H19N5O3/c1-35-27-20(16-18-6-2-3-7-21(18)33-27)24-28(30-15-14-29-24)36-19-12-10-17(11-13-19)25(34)26-31-22-8-4-5-9-23(22)32-26/h2-16H,1H3,(H,31,32). The third-order valence-corrected chi connectivity index (χ3v) is 5.74. The van der Waals surface area contributed by atoms with E-state index in [1.165, 1.54) is 0 Å². The van der Waals surface area contributed by atoms with Gasteiger partial charge < -0.3 is 14.5 Å². The summed E-state index contributed by atoms with van der Waals surface area (Å²) in [6.45, 7) is 0. The molecule has 174 valence electrons. The van der Waals surface area contributed by atoms with Crippen LogP contribution in [-0.4, -0.2) is 37.8 Å². The highest BCUT2D eigenvalue weighted by Gasteiger charge is 2.18. The maximum absolute atomic E-state index is 12.9. The zero-order valence-electron chi connectivity index (χ0n) is 19.2. The zero-order chi connectivity index (χ0) is 24.5. The van der Waals surface area contributed by atoms with E-state index in [-0.39, 0.29) is 11.6 Å². The molecule has 3 aromatic heterocycles. The lowest BCUT2D eigenvalue weighted by Crippen LogP contribution is -2.03. The molecule has 3 heterocycles. The van der Waals surface area contributed by atoms with Crippen LogP contribution in [0.1, 0.15) is 16.2 Å². The van der Waals surface area contributed by atoms with Crippen molar-refractivity contribution in [1.82, 2.24) is 24.9 Å². The number of carbonyl (C=O) groups excluding carboxylic acids is 1. The largest absolute Gasteiger partial charge is 0.480 e. The molecule has 0 aliphatic carbocycles. The molecule has 0 radical (unpaired) electrons. The van der Waals surface area contributed by atoms with Gasteiger partial charge in [-0.2, -0.15) is 0 Å². The summed E-state index contributed by atoms with van der Waals surface area (Å²) in [4.78, 5) is 33.9. The second-order valence-electron chi connectivity index (χ2n) is 8.01. The Kier molecular flexibility index (Phi) is 5.31. The molecule has 6 aromatic rings. The number of H-pyrrole nitrogens is 1. The Morgan fingerprint density at radius 1 is 0.806 bits per heavy atom. The lowest BCUT2D eigenvalue weighted by molar-refractivity contribution is 0.103. The lowest BCUT2D eigenvalue weighted by atomic mass is 10.1. The third-order valence-electron chi connectivity index (χ3n) is 5.74. The first-order valence-corrected chi connectivity index (χ1v) is 11.2. The number of hydrogen-bond donors (Lipinski definition) is 1.